The molecule has 0 spiro atoms. The molecule has 0 bridgehead atoms. The van der Waals surface area contributed by atoms with Gasteiger partial charge in [0.2, 0.25) is 5.90 Å². The number of rotatable bonds is 6. The van der Waals surface area contributed by atoms with E-state index in [4.69, 9.17) is 37.4 Å². The SMILES string of the molecule is COc1cc(/C=C2\N=C(c3ccc(Cl)c(Cl)c3)OC2=O)ccc1OCc1ccc(C)cc1. The Balaban J connectivity index is 1.54. The van der Waals surface area contributed by atoms with Gasteiger partial charge in [0.05, 0.1) is 17.2 Å². The Bertz CT molecular complexity index is 1230. The Labute approximate surface area is 195 Å². The lowest BCUT2D eigenvalue weighted by Crippen LogP contribution is -2.05. The molecule has 0 fully saturated rings. The van der Waals surface area contributed by atoms with Gasteiger partial charge < -0.3 is 14.2 Å². The van der Waals surface area contributed by atoms with Crippen molar-refractivity contribution in [2.45, 2.75) is 13.5 Å². The molecule has 0 aromatic heterocycles. The first-order chi connectivity index (χ1) is 15.4. The first kappa shape index (κ1) is 21.9. The van der Waals surface area contributed by atoms with Crippen molar-refractivity contribution in [2.24, 2.45) is 4.99 Å². The number of carbonyl (C=O) groups is 1. The van der Waals surface area contributed by atoms with E-state index in [0.717, 1.165) is 11.1 Å². The zero-order valence-electron chi connectivity index (χ0n) is 17.4. The normalized spacial score (nSPS) is 14.3. The van der Waals surface area contributed by atoms with Crippen molar-refractivity contribution in [3.63, 3.8) is 0 Å². The van der Waals surface area contributed by atoms with Crippen LogP contribution in [-0.4, -0.2) is 19.0 Å². The molecule has 1 heterocycles. The molecule has 1 aliphatic heterocycles. The van der Waals surface area contributed by atoms with Crippen molar-refractivity contribution in [2.75, 3.05) is 7.11 Å². The van der Waals surface area contributed by atoms with E-state index in [1.165, 1.54) is 5.56 Å². The summed E-state index contributed by atoms with van der Waals surface area (Å²) >= 11 is 12.0. The van der Waals surface area contributed by atoms with Crippen molar-refractivity contribution < 1.29 is 19.0 Å². The Morgan fingerprint density at radius 2 is 1.75 bits per heavy atom. The zero-order valence-corrected chi connectivity index (χ0v) is 18.9. The molecule has 0 saturated heterocycles. The van der Waals surface area contributed by atoms with E-state index < -0.39 is 5.97 Å². The number of benzene rings is 3. The first-order valence-corrected chi connectivity index (χ1v) is 10.5. The molecule has 3 aromatic carbocycles. The number of nitrogens with zero attached hydrogens (tertiary/aromatic N) is 1. The van der Waals surface area contributed by atoms with Gasteiger partial charge in [-0.05, 0) is 54.5 Å². The zero-order chi connectivity index (χ0) is 22.7. The number of cyclic esters (lactones) is 1. The number of hydrogen-bond acceptors (Lipinski definition) is 5. The van der Waals surface area contributed by atoms with Gasteiger partial charge in [-0.1, -0.05) is 59.1 Å². The van der Waals surface area contributed by atoms with Gasteiger partial charge in [0, 0.05) is 5.56 Å². The van der Waals surface area contributed by atoms with Gasteiger partial charge in [0.1, 0.15) is 6.61 Å². The van der Waals surface area contributed by atoms with Crippen molar-refractivity contribution in [1.82, 2.24) is 0 Å². The summed E-state index contributed by atoms with van der Waals surface area (Å²) in [5, 5.41) is 0.763. The Morgan fingerprint density at radius 3 is 2.47 bits per heavy atom. The molecule has 1 aliphatic rings. The molecular formula is C25H19Cl2NO4. The topological polar surface area (TPSA) is 57.1 Å². The summed E-state index contributed by atoms with van der Waals surface area (Å²) in [6.45, 7) is 2.46. The number of ether oxygens (including phenoxy) is 3. The fraction of sp³-hybridized carbons (Fsp3) is 0.120. The summed E-state index contributed by atoms with van der Waals surface area (Å²) in [5.74, 6) is 0.769. The highest BCUT2D eigenvalue weighted by Crippen LogP contribution is 2.31. The number of methoxy groups -OCH3 is 1. The quantitative estimate of drug-likeness (QED) is 0.318. The molecule has 162 valence electrons. The fourth-order valence-corrected chi connectivity index (χ4v) is 3.36. The van der Waals surface area contributed by atoms with E-state index >= 15 is 0 Å². The third kappa shape index (κ3) is 4.96. The Hall–Kier alpha value is -3.28. The van der Waals surface area contributed by atoms with Crippen LogP contribution in [-0.2, 0) is 16.1 Å². The Kier molecular flexibility index (Phi) is 6.49. The van der Waals surface area contributed by atoms with Crippen LogP contribution in [0.3, 0.4) is 0 Å². The molecule has 0 radical (unpaired) electrons. The third-order valence-electron chi connectivity index (χ3n) is 4.79. The maximum atomic E-state index is 12.3. The number of aliphatic imine (C=N–C) groups is 1. The van der Waals surface area contributed by atoms with Crippen LogP contribution in [0.15, 0.2) is 71.4 Å². The summed E-state index contributed by atoms with van der Waals surface area (Å²) in [4.78, 5) is 16.6. The van der Waals surface area contributed by atoms with E-state index in [-0.39, 0.29) is 11.6 Å². The number of halogens is 2. The van der Waals surface area contributed by atoms with Crippen molar-refractivity contribution in [1.29, 1.82) is 0 Å². The lowest BCUT2D eigenvalue weighted by atomic mass is 10.1. The van der Waals surface area contributed by atoms with Gasteiger partial charge in [-0.25, -0.2) is 9.79 Å². The molecule has 3 aromatic rings. The van der Waals surface area contributed by atoms with Gasteiger partial charge in [-0.3, -0.25) is 0 Å². The molecule has 5 nitrogen and oxygen atoms in total. The van der Waals surface area contributed by atoms with Gasteiger partial charge >= 0.3 is 5.97 Å². The molecule has 7 heteroatoms. The molecule has 32 heavy (non-hydrogen) atoms. The van der Waals surface area contributed by atoms with Crippen molar-refractivity contribution >= 4 is 41.1 Å². The van der Waals surface area contributed by atoms with E-state index in [9.17, 15) is 4.79 Å². The minimum atomic E-state index is -0.551. The average Bonchev–Trinajstić information content (AvgIpc) is 3.15. The second-order valence-corrected chi connectivity index (χ2v) is 7.96. The van der Waals surface area contributed by atoms with Crippen LogP contribution in [0, 0.1) is 6.92 Å². The van der Waals surface area contributed by atoms with E-state index in [1.54, 1.807) is 43.5 Å². The number of aryl methyl sites for hydroxylation is 1. The molecule has 0 unspecified atom stereocenters. The lowest BCUT2D eigenvalue weighted by Gasteiger charge is -2.11. The summed E-state index contributed by atoms with van der Waals surface area (Å²) in [5.41, 5.74) is 3.70. The molecule has 0 atom stereocenters. The highest BCUT2D eigenvalue weighted by molar-refractivity contribution is 6.42. The number of hydrogen-bond donors (Lipinski definition) is 0. The van der Waals surface area contributed by atoms with Crippen LogP contribution in [0.2, 0.25) is 10.0 Å². The van der Waals surface area contributed by atoms with Gasteiger partial charge in [0.15, 0.2) is 17.2 Å². The number of carbonyl (C=O) groups excluding carboxylic acids is 1. The van der Waals surface area contributed by atoms with E-state index in [0.29, 0.717) is 33.7 Å². The molecular weight excluding hydrogens is 449 g/mol. The van der Waals surface area contributed by atoms with Crippen molar-refractivity contribution in [3.8, 4) is 11.5 Å². The second-order valence-electron chi connectivity index (χ2n) is 7.15. The predicted octanol–water partition coefficient (Wildman–Crippen LogP) is 6.23. The van der Waals surface area contributed by atoms with Gasteiger partial charge in [-0.2, -0.15) is 0 Å². The van der Waals surface area contributed by atoms with Crippen LogP contribution < -0.4 is 9.47 Å². The van der Waals surface area contributed by atoms with Crippen molar-refractivity contribution in [3.05, 3.63) is 98.7 Å². The van der Waals surface area contributed by atoms with Gasteiger partial charge in [-0.15, -0.1) is 0 Å². The van der Waals surface area contributed by atoms with Crippen LogP contribution in [0.25, 0.3) is 6.08 Å². The largest absolute Gasteiger partial charge is 0.493 e. The third-order valence-corrected chi connectivity index (χ3v) is 5.53. The molecule has 0 N–H and O–H groups in total. The predicted molar refractivity (Wildman–Crippen MR) is 126 cm³/mol. The Morgan fingerprint density at radius 1 is 0.969 bits per heavy atom. The number of esters is 1. The van der Waals surface area contributed by atoms with E-state index in [1.807, 2.05) is 37.3 Å². The summed E-state index contributed by atoms with van der Waals surface area (Å²) in [7, 11) is 1.56. The maximum absolute atomic E-state index is 12.3. The highest BCUT2D eigenvalue weighted by Gasteiger charge is 2.24. The smallest absolute Gasteiger partial charge is 0.363 e. The van der Waals surface area contributed by atoms with Gasteiger partial charge in [0.25, 0.3) is 0 Å². The highest BCUT2D eigenvalue weighted by atomic mass is 35.5. The first-order valence-electron chi connectivity index (χ1n) is 9.77. The van der Waals surface area contributed by atoms with Crippen LogP contribution in [0.4, 0.5) is 0 Å². The van der Waals surface area contributed by atoms with Crippen LogP contribution in [0.1, 0.15) is 22.3 Å². The van der Waals surface area contributed by atoms with Crippen LogP contribution >= 0.6 is 23.2 Å². The molecule has 0 saturated carbocycles. The minimum Gasteiger partial charge on any atom is -0.493 e. The van der Waals surface area contributed by atoms with Crippen LogP contribution in [0.5, 0.6) is 11.5 Å². The monoisotopic (exact) mass is 467 g/mol. The minimum absolute atomic E-state index is 0.168. The molecule has 0 amide bonds. The molecule has 4 rings (SSSR count). The fourth-order valence-electron chi connectivity index (χ4n) is 3.06. The summed E-state index contributed by atoms with van der Waals surface area (Å²) < 4.78 is 16.7. The average molecular weight is 468 g/mol. The molecule has 0 aliphatic carbocycles. The lowest BCUT2D eigenvalue weighted by molar-refractivity contribution is -0.129. The maximum Gasteiger partial charge on any atom is 0.363 e. The standard InChI is InChI=1S/C25H19Cl2NO4/c1-15-3-5-16(6-4-15)14-31-22-10-7-17(12-23(22)30-2)11-21-25(29)32-24(28-21)18-8-9-19(26)20(27)13-18/h3-13H,14H2,1-2H3/b21-11-. The van der Waals surface area contributed by atoms with E-state index in [2.05, 4.69) is 4.99 Å². The summed E-state index contributed by atoms with van der Waals surface area (Å²) in [6.07, 6.45) is 1.62. The summed E-state index contributed by atoms with van der Waals surface area (Å²) in [6, 6.07) is 18.4. The second kappa shape index (κ2) is 9.47.